The molecule has 3 N–H and O–H groups in total. The molecule has 0 unspecified atom stereocenters. The van der Waals surface area contributed by atoms with E-state index in [0.717, 1.165) is 0 Å². The van der Waals surface area contributed by atoms with Gasteiger partial charge in [0.15, 0.2) is 0 Å². The van der Waals surface area contributed by atoms with Gasteiger partial charge in [0.05, 0.1) is 6.04 Å². The second kappa shape index (κ2) is 4.35. The van der Waals surface area contributed by atoms with Crippen molar-refractivity contribution in [3.63, 3.8) is 0 Å². The Labute approximate surface area is 89.3 Å². The molecule has 1 aliphatic carbocycles. The fraction of sp³-hybridized carbons (Fsp3) is 0.900. The lowest BCUT2D eigenvalue weighted by Crippen LogP contribution is -2.41. The smallest absolute Gasteiger partial charge is 0.407 e. The van der Waals surface area contributed by atoms with Crippen LogP contribution in [0.2, 0.25) is 0 Å². The Balaban J connectivity index is 2.39. The summed E-state index contributed by atoms with van der Waals surface area (Å²) in [6.45, 7) is 5.29. The topological polar surface area (TPSA) is 64.3 Å². The molecule has 3 atom stereocenters. The van der Waals surface area contributed by atoms with E-state index < -0.39 is 23.9 Å². The van der Waals surface area contributed by atoms with Crippen LogP contribution in [0.25, 0.3) is 0 Å². The number of alkyl halides is 1. The number of ether oxygens (including phenoxy) is 1. The van der Waals surface area contributed by atoms with E-state index in [-0.39, 0.29) is 6.04 Å². The summed E-state index contributed by atoms with van der Waals surface area (Å²) in [5, 5.41) is 2.50. The van der Waals surface area contributed by atoms with Crippen molar-refractivity contribution in [1.82, 2.24) is 5.32 Å². The van der Waals surface area contributed by atoms with Gasteiger partial charge >= 0.3 is 6.09 Å². The van der Waals surface area contributed by atoms with Gasteiger partial charge in [-0.2, -0.15) is 0 Å². The minimum Gasteiger partial charge on any atom is -0.444 e. The number of halogens is 1. The zero-order valence-electron chi connectivity index (χ0n) is 9.42. The molecule has 0 spiro atoms. The lowest BCUT2D eigenvalue weighted by molar-refractivity contribution is 0.0484. The van der Waals surface area contributed by atoms with Crippen molar-refractivity contribution in [3.05, 3.63) is 0 Å². The van der Waals surface area contributed by atoms with Crippen molar-refractivity contribution in [3.8, 4) is 0 Å². The van der Waals surface area contributed by atoms with Crippen molar-refractivity contribution in [2.75, 3.05) is 0 Å². The molecule has 15 heavy (non-hydrogen) atoms. The van der Waals surface area contributed by atoms with Crippen LogP contribution < -0.4 is 11.1 Å². The van der Waals surface area contributed by atoms with Gasteiger partial charge in [-0.15, -0.1) is 0 Å². The molecule has 0 aliphatic heterocycles. The molecule has 0 heterocycles. The van der Waals surface area contributed by atoms with Gasteiger partial charge in [0.25, 0.3) is 0 Å². The van der Waals surface area contributed by atoms with E-state index in [2.05, 4.69) is 5.32 Å². The third-order valence-corrected chi connectivity index (χ3v) is 2.22. The number of nitrogens with one attached hydrogen (secondary N) is 1. The van der Waals surface area contributed by atoms with E-state index >= 15 is 0 Å². The lowest BCUT2D eigenvalue weighted by atomic mass is 10.2. The van der Waals surface area contributed by atoms with Crippen LogP contribution in [0.4, 0.5) is 9.18 Å². The number of hydrogen-bond acceptors (Lipinski definition) is 3. The van der Waals surface area contributed by atoms with Crippen LogP contribution in [-0.4, -0.2) is 29.9 Å². The average Bonchev–Trinajstić information content (AvgIpc) is 2.25. The van der Waals surface area contributed by atoms with Gasteiger partial charge in [-0.05, 0) is 33.6 Å². The summed E-state index contributed by atoms with van der Waals surface area (Å²) in [6.07, 6.45) is -0.863. The Morgan fingerprint density at radius 2 is 2.07 bits per heavy atom. The molecular weight excluding hydrogens is 199 g/mol. The number of nitrogens with two attached hydrogens (primary N) is 1. The van der Waals surface area contributed by atoms with E-state index in [1.807, 2.05) is 0 Å². The van der Waals surface area contributed by atoms with Crippen LogP contribution in [0.5, 0.6) is 0 Å². The molecule has 4 nitrogen and oxygen atoms in total. The molecule has 5 heteroatoms. The summed E-state index contributed by atoms with van der Waals surface area (Å²) in [5.41, 5.74) is 5.03. The first kappa shape index (κ1) is 12.2. The maximum absolute atomic E-state index is 13.3. The predicted octanol–water partition coefficient (Wildman–Crippen LogP) is 1.34. The van der Waals surface area contributed by atoms with E-state index in [9.17, 15) is 9.18 Å². The number of carbonyl (C=O) groups is 1. The predicted molar refractivity (Wildman–Crippen MR) is 55.3 cm³/mol. The summed E-state index contributed by atoms with van der Waals surface area (Å²) >= 11 is 0. The number of amides is 1. The second-order valence-electron chi connectivity index (χ2n) is 5.00. The molecule has 1 saturated carbocycles. The fourth-order valence-electron chi connectivity index (χ4n) is 1.63. The molecule has 0 aromatic carbocycles. The first-order valence-corrected chi connectivity index (χ1v) is 5.17. The standard InChI is InChI=1S/C10H19FN2O2/c1-10(2,3)15-9(14)13-8-5-6(12)4-7(8)11/h6-8H,4-5,12H2,1-3H3,(H,13,14)/t6-,7+,8+/m0/s1. The Morgan fingerprint density at radius 3 is 2.47 bits per heavy atom. The highest BCUT2D eigenvalue weighted by Gasteiger charge is 2.34. The van der Waals surface area contributed by atoms with Crippen LogP contribution in [0.3, 0.4) is 0 Å². The van der Waals surface area contributed by atoms with Crippen molar-refractivity contribution in [2.24, 2.45) is 5.73 Å². The van der Waals surface area contributed by atoms with E-state index in [1.165, 1.54) is 0 Å². The van der Waals surface area contributed by atoms with E-state index in [0.29, 0.717) is 12.8 Å². The summed E-state index contributed by atoms with van der Waals surface area (Å²) in [4.78, 5) is 11.3. The molecule has 0 saturated heterocycles. The Hall–Kier alpha value is -0.840. The third kappa shape index (κ3) is 4.03. The normalized spacial score (nSPS) is 31.4. The first-order chi connectivity index (χ1) is 6.78. The molecular formula is C10H19FN2O2. The zero-order chi connectivity index (χ0) is 11.6. The molecule has 1 rings (SSSR count). The molecule has 1 aliphatic rings. The minimum absolute atomic E-state index is 0.167. The van der Waals surface area contributed by atoms with Crippen molar-refractivity contribution >= 4 is 6.09 Å². The molecule has 88 valence electrons. The highest BCUT2D eigenvalue weighted by Crippen LogP contribution is 2.21. The number of rotatable bonds is 1. The quantitative estimate of drug-likeness (QED) is 0.698. The summed E-state index contributed by atoms with van der Waals surface area (Å²) in [6, 6.07) is -0.671. The van der Waals surface area contributed by atoms with Crippen LogP contribution in [-0.2, 0) is 4.74 Å². The molecule has 1 amide bonds. The van der Waals surface area contributed by atoms with Crippen LogP contribution >= 0.6 is 0 Å². The van der Waals surface area contributed by atoms with Gasteiger partial charge in [0.1, 0.15) is 11.8 Å². The summed E-state index contributed by atoms with van der Waals surface area (Å²) in [7, 11) is 0. The number of alkyl carbamates (subject to hydrolysis) is 1. The Morgan fingerprint density at radius 1 is 1.47 bits per heavy atom. The molecule has 0 bridgehead atoms. The molecule has 0 aromatic heterocycles. The lowest BCUT2D eigenvalue weighted by Gasteiger charge is -2.22. The second-order valence-corrected chi connectivity index (χ2v) is 5.00. The van der Waals surface area contributed by atoms with E-state index in [1.54, 1.807) is 20.8 Å². The van der Waals surface area contributed by atoms with E-state index in [4.69, 9.17) is 10.5 Å². The Bertz CT molecular complexity index is 240. The average molecular weight is 218 g/mol. The van der Waals surface area contributed by atoms with Gasteiger partial charge in [-0.1, -0.05) is 0 Å². The van der Waals surface area contributed by atoms with Crippen LogP contribution in [0, 0.1) is 0 Å². The first-order valence-electron chi connectivity index (χ1n) is 5.17. The van der Waals surface area contributed by atoms with Gasteiger partial charge in [0, 0.05) is 6.04 Å². The van der Waals surface area contributed by atoms with Gasteiger partial charge in [-0.3, -0.25) is 0 Å². The largest absolute Gasteiger partial charge is 0.444 e. The Kier molecular flexibility index (Phi) is 3.54. The summed E-state index contributed by atoms with van der Waals surface area (Å²) in [5.74, 6) is 0. The zero-order valence-corrected chi connectivity index (χ0v) is 9.42. The van der Waals surface area contributed by atoms with Crippen molar-refractivity contribution in [2.45, 2.75) is 57.5 Å². The summed E-state index contributed by atoms with van der Waals surface area (Å²) < 4.78 is 18.3. The number of carbonyl (C=O) groups excluding carboxylic acids is 1. The van der Waals surface area contributed by atoms with Gasteiger partial charge in [-0.25, -0.2) is 9.18 Å². The molecule has 0 radical (unpaired) electrons. The van der Waals surface area contributed by atoms with Gasteiger partial charge in [0.2, 0.25) is 0 Å². The highest BCUT2D eigenvalue weighted by molar-refractivity contribution is 5.68. The molecule has 1 fully saturated rings. The monoisotopic (exact) mass is 218 g/mol. The SMILES string of the molecule is CC(C)(C)OC(=O)N[C@@H]1C[C@@H](N)C[C@H]1F. The molecule has 0 aromatic rings. The van der Waals surface area contributed by atoms with Crippen molar-refractivity contribution in [1.29, 1.82) is 0 Å². The van der Waals surface area contributed by atoms with Gasteiger partial charge < -0.3 is 15.8 Å². The number of hydrogen-bond donors (Lipinski definition) is 2. The van der Waals surface area contributed by atoms with Crippen molar-refractivity contribution < 1.29 is 13.9 Å². The fourth-order valence-corrected chi connectivity index (χ4v) is 1.63. The minimum atomic E-state index is -1.06. The van der Waals surface area contributed by atoms with Crippen LogP contribution in [0.1, 0.15) is 33.6 Å². The highest BCUT2D eigenvalue weighted by atomic mass is 19.1. The maximum Gasteiger partial charge on any atom is 0.407 e. The third-order valence-electron chi connectivity index (χ3n) is 2.22. The maximum atomic E-state index is 13.3. The van der Waals surface area contributed by atoms with Crippen LogP contribution in [0.15, 0.2) is 0 Å².